The lowest BCUT2D eigenvalue weighted by Crippen LogP contribution is -2.38. The number of hydrogen-bond acceptors (Lipinski definition) is 3. The predicted octanol–water partition coefficient (Wildman–Crippen LogP) is 2.70. The zero-order chi connectivity index (χ0) is 13.8. The van der Waals surface area contributed by atoms with E-state index in [0.29, 0.717) is 6.04 Å². The summed E-state index contributed by atoms with van der Waals surface area (Å²) in [7, 11) is 2.02. The lowest BCUT2D eigenvalue weighted by molar-refractivity contribution is 0.384. The molecule has 1 unspecified atom stereocenters. The van der Waals surface area contributed by atoms with Crippen LogP contribution >= 0.6 is 15.9 Å². The number of rotatable bonds is 6. The van der Waals surface area contributed by atoms with Crippen molar-refractivity contribution in [2.45, 2.75) is 57.9 Å². The number of nitrogens with two attached hydrogens (primary N) is 1. The van der Waals surface area contributed by atoms with E-state index in [0.717, 1.165) is 28.9 Å². The summed E-state index contributed by atoms with van der Waals surface area (Å²) in [6, 6.07) is 0.347. The number of hydrazine groups is 1. The standard InChI is InChI=1S/C14H25BrN4/c1-3-12-14(15)13(19(2)18-12)9-11(17-16)8-10-6-4-5-7-10/h10-11,17H,3-9,16H2,1-2H3. The molecular weight excluding hydrogens is 304 g/mol. The molecule has 1 saturated carbocycles. The van der Waals surface area contributed by atoms with E-state index >= 15 is 0 Å². The lowest BCUT2D eigenvalue weighted by Gasteiger charge is -2.20. The van der Waals surface area contributed by atoms with Crippen molar-refractivity contribution in [1.29, 1.82) is 0 Å². The fourth-order valence-corrected chi connectivity index (χ4v) is 3.91. The molecule has 0 aromatic carbocycles. The highest BCUT2D eigenvalue weighted by Gasteiger charge is 2.22. The molecule has 5 heteroatoms. The summed E-state index contributed by atoms with van der Waals surface area (Å²) < 4.78 is 3.14. The number of nitrogens with one attached hydrogen (secondary N) is 1. The smallest absolute Gasteiger partial charge is 0.0766 e. The maximum absolute atomic E-state index is 5.74. The first kappa shape index (κ1) is 15.0. The van der Waals surface area contributed by atoms with Crippen LogP contribution < -0.4 is 11.3 Å². The van der Waals surface area contributed by atoms with Crippen LogP contribution in [0.25, 0.3) is 0 Å². The summed E-state index contributed by atoms with van der Waals surface area (Å²) in [5.74, 6) is 6.59. The van der Waals surface area contributed by atoms with Crippen molar-refractivity contribution >= 4 is 15.9 Å². The molecule has 0 aliphatic heterocycles. The molecule has 0 radical (unpaired) electrons. The van der Waals surface area contributed by atoms with Gasteiger partial charge in [0.1, 0.15) is 0 Å². The highest BCUT2D eigenvalue weighted by Crippen LogP contribution is 2.30. The molecule has 19 heavy (non-hydrogen) atoms. The van der Waals surface area contributed by atoms with Crippen LogP contribution in [0.15, 0.2) is 4.47 Å². The first-order chi connectivity index (χ1) is 9.15. The van der Waals surface area contributed by atoms with Crippen LogP contribution in [-0.4, -0.2) is 15.8 Å². The maximum atomic E-state index is 5.74. The van der Waals surface area contributed by atoms with E-state index in [1.165, 1.54) is 37.8 Å². The van der Waals surface area contributed by atoms with Gasteiger partial charge in [-0.2, -0.15) is 5.10 Å². The molecular formula is C14H25BrN4. The molecule has 1 aromatic rings. The van der Waals surface area contributed by atoms with Crippen molar-refractivity contribution < 1.29 is 0 Å². The van der Waals surface area contributed by atoms with Crippen molar-refractivity contribution in [3.05, 3.63) is 15.9 Å². The van der Waals surface area contributed by atoms with Gasteiger partial charge in [-0.25, -0.2) is 0 Å². The molecule has 3 N–H and O–H groups in total. The molecule has 0 bridgehead atoms. The molecule has 1 heterocycles. The van der Waals surface area contributed by atoms with Crippen molar-refractivity contribution in [2.75, 3.05) is 0 Å². The second-order valence-corrected chi connectivity index (χ2v) is 6.43. The second kappa shape index (κ2) is 6.86. The number of nitrogens with zero attached hydrogens (tertiary/aromatic N) is 2. The van der Waals surface area contributed by atoms with E-state index < -0.39 is 0 Å². The third kappa shape index (κ3) is 3.58. The van der Waals surface area contributed by atoms with Gasteiger partial charge in [-0.1, -0.05) is 32.6 Å². The molecule has 4 nitrogen and oxygen atoms in total. The Kier molecular flexibility index (Phi) is 5.42. The largest absolute Gasteiger partial charge is 0.271 e. The predicted molar refractivity (Wildman–Crippen MR) is 81.7 cm³/mol. The summed E-state index contributed by atoms with van der Waals surface area (Å²) in [5, 5.41) is 4.55. The Labute approximate surface area is 124 Å². The number of aryl methyl sites for hydroxylation is 2. The zero-order valence-electron chi connectivity index (χ0n) is 12.0. The molecule has 0 spiro atoms. The van der Waals surface area contributed by atoms with Gasteiger partial charge in [0.15, 0.2) is 0 Å². The minimum absolute atomic E-state index is 0.347. The Morgan fingerprint density at radius 2 is 2.16 bits per heavy atom. The fraction of sp³-hybridized carbons (Fsp3) is 0.786. The summed E-state index contributed by atoms with van der Waals surface area (Å²) >= 11 is 3.68. The molecule has 0 amide bonds. The van der Waals surface area contributed by atoms with E-state index in [-0.39, 0.29) is 0 Å². The first-order valence-electron chi connectivity index (χ1n) is 7.32. The molecule has 1 aromatic heterocycles. The van der Waals surface area contributed by atoms with Gasteiger partial charge in [0.25, 0.3) is 0 Å². The fourth-order valence-electron chi connectivity index (χ4n) is 3.13. The topological polar surface area (TPSA) is 55.9 Å². The lowest BCUT2D eigenvalue weighted by atomic mass is 9.96. The van der Waals surface area contributed by atoms with E-state index in [1.54, 1.807) is 0 Å². The highest BCUT2D eigenvalue weighted by atomic mass is 79.9. The van der Waals surface area contributed by atoms with E-state index in [2.05, 4.69) is 33.4 Å². The molecule has 108 valence electrons. The molecule has 1 fully saturated rings. The van der Waals surface area contributed by atoms with Crippen molar-refractivity contribution in [2.24, 2.45) is 18.8 Å². The van der Waals surface area contributed by atoms with Crippen LogP contribution in [0.5, 0.6) is 0 Å². The quantitative estimate of drug-likeness (QED) is 0.623. The van der Waals surface area contributed by atoms with Gasteiger partial charge in [-0.05, 0) is 34.7 Å². The van der Waals surface area contributed by atoms with Gasteiger partial charge in [0.2, 0.25) is 0 Å². The van der Waals surface area contributed by atoms with Crippen LogP contribution in [0.3, 0.4) is 0 Å². The van der Waals surface area contributed by atoms with Crippen LogP contribution in [-0.2, 0) is 19.9 Å². The zero-order valence-corrected chi connectivity index (χ0v) is 13.5. The summed E-state index contributed by atoms with van der Waals surface area (Å²) in [5.41, 5.74) is 5.38. The third-order valence-corrected chi connectivity index (χ3v) is 5.19. The Bertz CT molecular complexity index is 410. The Morgan fingerprint density at radius 1 is 1.47 bits per heavy atom. The van der Waals surface area contributed by atoms with E-state index in [9.17, 15) is 0 Å². The van der Waals surface area contributed by atoms with Gasteiger partial charge in [0.05, 0.1) is 15.9 Å². The number of halogens is 1. The van der Waals surface area contributed by atoms with Gasteiger partial charge < -0.3 is 0 Å². The van der Waals surface area contributed by atoms with Crippen molar-refractivity contribution in [3.8, 4) is 0 Å². The van der Waals surface area contributed by atoms with Crippen LogP contribution in [0, 0.1) is 5.92 Å². The van der Waals surface area contributed by atoms with Crippen molar-refractivity contribution in [3.63, 3.8) is 0 Å². The second-order valence-electron chi connectivity index (χ2n) is 5.64. The molecule has 0 saturated heterocycles. The van der Waals surface area contributed by atoms with E-state index in [4.69, 9.17) is 5.84 Å². The van der Waals surface area contributed by atoms with Gasteiger partial charge in [-0.3, -0.25) is 16.0 Å². The Morgan fingerprint density at radius 3 is 2.68 bits per heavy atom. The Balaban J connectivity index is 2.02. The van der Waals surface area contributed by atoms with Gasteiger partial charge in [-0.15, -0.1) is 0 Å². The molecule has 1 aliphatic rings. The molecule has 2 rings (SSSR count). The third-order valence-electron chi connectivity index (χ3n) is 4.27. The summed E-state index contributed by atoms with van der Waals surface area (Å²) in [6.07, 6.45) is 8.58. The number of hydrogen-bond donors (Lipinski definition) is 2. The summed E-state index contributed by atoms with van der Waals surface area (Å²) in [6.45, 7) is 2.13. The highest BCUT2D eigenvalue weighted by molar-refractivity contribution is 9.10. The minimum atomic E-state index is 0.347. The molecule has 1 aliphatic carbocycles. The van der Waals surface area contributed by atoms with Gasteiger partial charge in [0, 0.05) is 19.5 Å². The Hall–Kier alpha value is -0.390. The van der Waals surface area contributed by atoms with E-state index in [1.807, 2.05) is 11.7 Å². The van der Waals surface area contributed by atoms with Crippen LogP contribution in [0.1, 0.15) is 50.4 Å². The maximum Gasteiger partial charge on any atom is 0.0766 e. The summed E-state index contributed by atoms with van der Waals surface area (Å²) in [4.78, 5) is 0. The van der Waals surface area contributed by atoms with Crippen LogP contribution in [0.2, 0.25) is 0 Å². The molecule has 1 atom stereocenters. The van der Waals surface area contributed by atoms with Crippen molar-refractivity contribution in [1.82, 2.24) is 15.2 Å². The average Bonchev–Trinajstić information content (AvgIpc) is 3.00. The number of aromatic nitrogens is 2. The normalized spacial score (nSPS) is 18.1. The van der Waals surface area contributed by atoms with Gasteiger partial charge >= 0.3 is 0 Å². The minimum Gasteiger partial charge on any atom is -0.271 e. The average molecular weight is 329 g/mol. The monoisotopic (exact) mass is 328 g/mol. The van der Waals surface area contributed by atoms with Crippen LogP contribution in [0.4, 0.5) is 0 Å². The SMILES string of the molecule is CCc1nn(C)c(CC(CC2CCCC2)NN)c1Br. The first-order valence-corrected chi connectivity index (χ1v) is 8.11.